The van der Waals surface area contributed by atoms with Crippen LogP contribution < -0.4 is 5.69 Å². The predicted octanol–water partition coefficient (Wildman–Crippen LogP) is 2.73. The standard InChI is InChI=1S/C14H15N3O2S/c1-8(6-19-2)13-15-12(7-20-13)9-3-4-10-11(5-9)17-14(18)16-10/h3-5,7-8H,6H2,1-2H3,(H2,16,17,18)/t8-/m1/s1. The summed E-state index contributed by atoms with van der Waals surface area (Å²) in [5.41, 5.74) is 3.34. The minimum Gasteiger partial charge on any atom is -0.384 e. The van der Waals surface area contributed by atoms with Gasteiger partial charge in [0.25, 0.3) is 0 Å². The maximum absolute atomic E-state index is 11.3. The lowest BCUT2D eigenvalue weighted by molar-refractivity contribution is 0.184. The van der Waals surface area contributed by atoms with Crippen LogP contribution in [0.1, 0.15) is 17.8 Å². The minimum absolute atomic E-state index is 0.190. The van der Waals surface area contributed by atoms with Gasteiger partial charge in [-0.05, 0) is 12.1 Å². The molecule has 0 bridgehead atoms. The number of nitrogens with one attached hydrogen (secondary N) is 2. The Labute approximate surface area is 119 Å². The molecule has 2 aromatic heterocycles. The van der Waals surface area contributed by atoms with Crippen LogP contribution in [0.25, 0.3) is 22.3 Å². The quantitative estimate of drug-likeness (QED) is 0.775. The number of fused-ring (bicyclic) bond motifs is 1. The molecule has 0 aliphatic heterocycles. The molecule has 0 spiro atoms. The third kappa shape index (κ3) is 2.39. The number of imidazole rings is 1. The monoisotopic (exact) mass is 289 g/mol. The van der Waals surface area contributed by atoms with E-state index in [0.29, 0.717) is 6.61 Å². The topological polar surface area (TPSA) is 70.8 Å². The molecule has 0 radical (unpaired) electrons. The van der Waals surface area contributed by atoms with E-state index in [1.165, 1.54) is 0 Å². The summed E-state index contributed by atoms with van der Waals surface area (Å²) in [6.45, 7) is 2.76. The molecule has 6 heteroatoms. The summed E-state index contributed by atoms with van der Waals surface area (Å²) in [5, 5.41) is 3.09. The van der Waals surface area contributed by atoms with Gasteiger partial charge in [0.15, 0.2) is 0 Å². The number of aromatic nitrogens is 3. The highest BCUT2D eigenvalue weighted by Gasteiger charge is 2.12. The van der Waals surface area contributed by atoms with Crippen molar-refractivity contribution < 1.29 is 4.74 Å². The third-order valence-electron chi connectivity index (χ3n) is 3.17. The van der Waals surface area contributed by atoms with Gasteiger partial charge >= 0.3 is 5.69 Å². The molecule has 20 heavy (non-hydrogen) atoms. The second-order valence-corrected chi connectivity index (χ2v) is 5.66. The highest BCUT2D eigenvalue weighted by molar-refractivity contribution is 7.10. The van der Waals surface area contributed by atoms with Gasteiger partial charge in [-0.2, -0.15) is 0 Å². The number of benzene rings is 1. The highest BCUT2D eigenvalue weighted by Crippen LogP contribution is 2.27. The lowest BCUT2D eigenvalue weighted by atomic mass is 10.1. The highest BCUT2D eigenvalue weighted by atomic mass is 32.1. The van der Waals surface area contributed by atoms with Gasteiger partial charge in [-0.15, -0.1) is 11.3 Å². The first-order valence-corrected chi connectivity index (χ1v) is 7.22. The molecule has 104 valence electrons. The summed E-state index contributed by atoms with van der Waals surface area (Å²) in [6.07, 6.45) is 0. The molecule has 1 aromatic carbocycles. The normalized spacial score (nSPS) is 12.9. The first-order chi connectivity index (χ1) is 9.67. The zero-order valence-corrected chi connectivity index (χ0v) is 12.1. The molecule has 3 aromatic rings. The Kier molecular flexibility index (Phi) is 3.42. The molecule has 1 atom stereocenters. The lowest BCUT2D eigenvalue weighted by Gasteiger charge is -2.05. The Balaban J connectivity index is 1.96. The van der Waals surface area contributed by atoms with E-state index in [1.807, 2.05) is 23.6 Å². The summed E-state index contributed by atoms with van der Waals surface area (Å²) in [7, 11) is 1.70. The zero-order chi connectivity index (χ0) is 14.1. The molecule has 0 unspecified atom stereocenters. The van der Waals surface area contributed by atoms with Gasteiger partial charge in [0.1, 0.15) is 0 Å². The van der Waals surface area contributed by atoms with E-state index in [1.54, 1.807) is 18.4 Å². The molecule has 5 nitrogen and oxygen atoms in total. The second kappa shape index (κ2) is 5.22. The van der Waals surface area contributed by atoms with Crippen molar-refractivity contribution in [3.63, 3.8) is 0 Å². The molecule has 0 saturated heterocycles. The fourth-order valence-corrected chi connectivity index (χ4v) is 3.03. The van der Waals surface area contributed by atoms with Crippen LogP contribution in [0, 0.1) is 0 Å². The van der Waals surface area contributed by atoms with Crippen LogP contribution in [0.5, 0.6) is 0 Å². The average molecular weight is 289 g/mol. The molecule has 0 fully saturated rings. The second-order valence-electron chi connectivity index (χ2n) is 4.77. The number of hydrogen-bond acceptors (Lipinski definition) is 4. The molecule has 2 heterocycles. The maximum Gasteiger partial charge on any atom is 0.323 e. The third-order valence-corrected chi connectivity index (χ3v) is 4.25. The average Bonchev–Trinajstić information content (AvgIpc) is 3.02. The molecule has 3 rings (SSSR count). The smallest absolute Gasteiger partial charge is 0.323 e. The van der Waals surface area contributed by atoms with Crippen molar-refractivity contribution in [2.45, 2.75) is 12.8 Å². The fraction of sp³-hybridized carbons (Fsp3) is 0.286. The van der Waals surface area contributed by atoms with Gasteiger partial charge in [0.05, 0.1) is 28.3 Å². The predicted molar refractivity (Wildman–Crippen MR) is 80.3 cm³/mol. The molecule has 0 aliphatic rings. The summed E-state index contributed by atoms with van der Waals surface area (Å²) in [4.78, 5) is 21.4. The van der Waals surface area contributed by atoms with Gasteiger partial charge in [0, 0.05) is 24.0 Å². The summed E-state index contributed by atoms with van der Waals surface area (Å²) >= 11 is 1.63. The molecule has 0 aliphatic carbocycles. The number of aromatic amines is 2. The molecular formula is C14H15N3O2S. The van der Waals surface area contributed by atoms with E-state index in [-0.39, 0.29) is 11.6 Å². The van der Waals surface area contributed by atoms with Crippen LogP contribution in [0.15, 0.2) is 28.4 Å². The van der Waals surface area contributed by atoms with E-state index < -0.39 is 0 Å². The Bertz CT molecular complexity index is 787. The van der Waals surface area contributed by atoms with Gasteiger partial charge in [-0.3, -0.25) is 0 Å². The number of nitrogens with zero attached hydrogens (tertiary/aromatic N) is 1. The Morgan fingerprint density at radius 1 is 1.35 bits per heavy atom. The van der Waals surface area contributed by atoms with Gasteiger partial charge in [-0.1, -0.05) is 13.0 Å². The number of methoxy groups -OCH3 is 1. The van der Waals surface area contributed by atoms with Crippen LogP contribution in [0.3, 0.4) is 0 Å². The van der Waals surface area contributed by atoms with Gasteiger partial charge < -0.3 is 14.7 Å². The van der Waals surface area contributed by atoms with Crippen LogP contribution >= 0.6 is 11.3 Å². The van der Waals surface area contributed by atoms with Gasteiger partial charge in [-0.25, -0.2) is 9.78 Å². The molecule has 0 amide bonds. The maximum atomic E-state index is 11.3. The number of H-pyrrole nitrogens is 2. The number of ether oxygens (including phenoxy) is 1. The molecular weight excluding hydrogens is 274 g/mol. The van der Waals surface area contributed by atoms with Crippen LogP contribution in [-0.2, 0) is 4.74 Å². The minimum atomic E-state index is -0.190. The summed E-state index contributed by atoms with van der Waals surface area (Å²) < 4.78 is 5.16. The van der Waals surface area contributed by atoms with Crippen molar-refractivity contribution >= 4 is 22.4 Å². The van der Waals surface area contributed by atoms with Crippen LogP contribution in [-0.4, -0.2) is 28.7 Å². The Hall–Kier alpha value is -1.92. The SMILES string of the molecule is COC[C@@H](C)c1nc(-c2ccc3[nH]c(=O)[nH]c3c2)cs1. The van der Waals surface area contributed by atoms with Crippen molar-refractivity contribution in [3.05, 3.63) is 39.1 Å². The van der Waals surface area contributed by atoms with E-state index in [9.17, 15) is 4.79 Å². The van der Waals surface area contributed by atoms with Crippen LogP contribution in [0.4, 0.5) is 0 Å². The number of hydrogen-bond donors (Lipinski definition) is 2. The van der Waals surface area contributed by atoms with Crippen molar-refractivity contribution in [1.29, 1.82) is 0 Å². The summed E-state index contributed by atoms with van der Waals surface area (Å²) in [5.74, 6) is 0.287. The van der Waals surface area contributed by atoms with E-state index in [4.69, 9.17) is 4.74 Å². The molecule has 0 saturated carbocycles. The zero-order valence-electron chi connectivity index (χ0n) is 11.3. The van der Waals surface area contributed by atoms with Crippen molar-refractivity contribution in [3.8, 4) is 11.3 Å². The van der Waals surface area contributed by atoms with Crippen molar-refractivity contribution in [2.75, 3.05) is 13.7 Å². The summed E-state index contributed by atoms with van der Waals surface area (Å²) in [6, 6.07) is 5.79. The van der Waals surface area contributed by atoms with Crippen LogP contribution in [0.2, 0.25) is 0 Å². The molecule has 2 N–H and O–H groups in total. The van der Waals surface area contributed by atoms with Crippen molar-refractivity contribution in [1.82, 2.24) is 15.0 Å². The van der Waals surface area contributed by atoms with Gasteiger partial charge in [0.2, 0.25) is 0 Å². The van der Waals surface area contributed by atoms with E-state index in [2.05, 4.69) is 21.9 Å². The Morgan fingerprint density at radius 2 is 2.15 bits per heavy atom. The number of rotatable bonds is 4. The Morgan fingerprint density at radius 3 is 2.95 bits per heavy atom. The largest absolute Gasteiger partial charge is 0.384 e. The first-order valence-electron chi connectivity index (χ1n) is 6.34. The van der Waals surface area contributed by atoms with Crippen molar-refractivity contribution in [2.24, 2.45) is 0 Å². The fourth-order valence-electron chi connectivity index (χ4n) is 2.16. The first kappa shape index (κ1) is 13.1. The van der Waals surface area contributed by atoms with E-state index >= 15 is 0 Å². The number of thiazole rings is 1. The lowest BCUT2D eigenvalue weighted by Crippen LogP contribution is -2.01. The van der Waals surface area contributed by atoms with E-state index in [0.717, 1.165) is 27.3 Å².